The summed E-state index contributed by atoms with van der Waals surface area (Å²) in [7, 11) is 4.60. The Kier molecular flexibility index (Phi) is 7.41. The van der Waals surface area contributed by atoms with E-state index >= 15 is 0 Å². The second-order valence-electron chi connectivity index (χ2n) is 8.87. The van der Waals surface area contributed by atoms with Crippen molar-refractivity contribution in [1.29, 1.82) is 0 Å². The lowest BCUT2D eigenvalue weighted by molar-refractivity contribution is -0.142. The molecule has 1 spiro atoms. The third-order valence-electron chi connectivity index (χ3n) is 6.96. The molecule has 4 rings (SSSR count). The maximum absolute atomic E-state index is 12.8. The molecule has 0 N–H and O–H groups in total. The average molecular weight is 528 g/mol. The van der Waals surface area contributed by atoms with Gasteiger partial charge in [0.1, 0.15) is 16.3 Å². The van der Waals surface area contributed by atoms with Gasteiger partial charge >= 0.3 is 5.97 Å². The number of alkyl halides is 1. The van der Waals surface area contributed by atoms with E-state index in [4.69, 9.17) is 19.2 Å². The summed E-state index contributed by atoms with van der Waals surface area (Å²) in [5.74, 6) is 1.06. The van der Waals surface area contributed by atoms with Gasteiger partial charge in [0.05, 0.1) is 32.3 Å². The summed E-state index contributed by atoms with van der Waals surface area (Å²) in [6.07, 6.45) is 5.04. The number of ether oxygens (including phenoxy) is 3. The van der Waals surface area contributed by atoms with Crippen molar-refractivity contribution in [1.82, 2.24) is 0 Å². The van der Waals surface area contributed by atoms with E-state index in [1.807, 2.05) is 42.5 Å². The molecule has 0 heterocycles. The lowest BCUT2D eigenvalue weighted by atomic mass is 9.58. The zero-order chi connectivity index (χ0) is 24.3. The molecule has 2 aromatic carbocycles. The standard InChI is InChI=1S/C27H30BrNO5/c1-32-20-15-17(16-21(33-2)22(20)18-10-6-4-7-11-18)14-19(26(31)34-3)29-24-23(28)25(30)27(24)12-8-5-9-13-27/h4,6-7,10-11,15-16,19,23H,5,8-9,12-14H2,1-3H3/t19-,23?/m0/s1. The Hall–Kier alpha value is -2.67. The van der Waals surface area contributed by atoms with Crippen molar-refractivity contribution < 1.29 is 23.8 Å². The van der Waals surface area contributed by atoms with Gasteiger partial charge in [-0.1, -0.05) is 65.5 Å². The molecule has 0 aliphatic heterocycles. The van der Waals surface area contributed by atoms with Crippen molar-refractivity contribution in [2.45, 2.75) is 49.4 Å². The van der Waals surface area contributed by atoms with E-state index < -0.39 is 22.3 Å². The zero-order valence-electron chi connectivity index (χ0n) is 19.8. The van der Waals surface area contributed by atoms with Crippen LogP contribution in [0.1, 0.15) is 37.7 Å². The van der Waals surface area contributed by atoms with Gasteiger partial charge in [-0.05, 0) is 36.1 Å². The minimum atomic E-state index is -0.760. The molecule has 2 aliphatic rings. The Balaban J connectivity index is 1.70. The minimum Gasteiger partial charge on any atom is -0.496 e. The Morgan fingerprint density at radius 3 is 2.24 bits per heavy atom. The molecule has 1 unspecified atom stereocenters. The van der Waals surface area contributed by atoms with Crippen LogP contribution >= 0.6 is 15.9 Å². The van der Waals surface area contributed by atoms with Crippen molar-refractivity contribution in [2.24, 2.45) is 10.4 Å². The molecule has 6 nitrogen and oxygen atoms in total. The van der Waals surface area contributed by atoms with E-state index in [9.17, 15) is 9.59 Å². The number of nitrogens with zero attached hydrogens (tertiary/aromatic N) is 1. The third kappa shape index (κ3) is 4.38. The lowest BCUT2D eigenvalue weighted by Gasteiger charge is -2.47. The zero-order valence-corrected chi connectivity index (χ0v) is 21.4. The number of methoxy groups -OCH3 is 3. The SMILES string of the molecule is COC(=O)[C@H](Cc1cc(OC)c(-c2ccccc2)c(OC)c1)N=C1C(Br)C(=O)C12CCCCC2. The molecule has 2 fully saturated rings. The van der Waals surface area contributed by atoms with Gasteiger partial charge in [-0.25, -0.2) is 4.79 Å². The highest BCUT2D eigenvalue weighted by Gasteiger charge is 2.58. The smallest absolute Gasteiger partial charge is 0.330 e. The van der Waals surface area contributed by atoms with Crippen molar-refractivity contribution >= 4 is 33.4 Å². The van der Waals surface area contributed by atoms with Crippen LogP contribution in [0.25, 0.3) is 11.1 Å². The van der Waals surface area contributed by atoms with Gasteiger partial charge in [-0.2, -0.15) is 0 Å². The number of carbonyl (C=O) groups is 2. The normalized spacial score (nSPS) is 21.1. The van der Waals surface area contributed by atoms with E-state index in [1.165, 1.54) is 7.11 Å². The molecule has 2 aliphatic carbocycles. The number of halogens is 1. The third-order valence-corrected chi connectivity index (χ3v) is 7.81. The van der Waals surface area contributed by atoms with Gasteiger partial charge in [0.25, 0.3) is 0 Å². The molecule has 34 heavy (non-hydrogen) atoms. The van der Waals surface area contributed by atoms with Crippen LogP contribution in [-0.4, -0.2) is 49.7 Å². The summed E-state index contributed by atoms with van der Waals surface area (Å²) >= 11 is 3.50. The number of aliphatic imine (C=N–C) groups is 1. The Morgan fingerprint density at radius 1 is 1.06 bits per heavy atom. The number of hydrogen-bond donors (Lipinski definition) is 0. The van der Waals surface area contributed by atoms with Gasteiger partial charge in [-0.15, -0.1) is 0 Å². The van der Waals surface area contributed by atoms with Gasteiger partial charge in [-0.3, -0.25) is 9.79 Å². The fraction of sp³-hybridized carbons (Fsp3) is 0.444. The summed E-state index contributed by atoms with van der Waals surface area (Å²) in [6.45, 7) is 0. The van der Waals surface area contributed by atoms with Crippen LogP contribution in [0.3, 0.4) is 0 Å². The first-order valence-corrected chi connectivity index (χ1v) is 12.5. The lowest BCUT2D eigenvalue weighted by Crippen LogP contribution is -2.61. The molecule has 0 bridgehead atoms. The van der Waals surface area contributed by atoms with Gasteiger partial charge in [0.2, 0.25) is 0 Å². The molecule has 0 aromatic heterocycles. The maximum atomic E-state index is 12.8. The van der Waals surface area contributed by atoms with Crippen LogP contribution in [0.5, 0.6) is 11.5 Å². The van der Waals surface area contributed by atoms with Crippen LogP contribution in [0.15, 0.2) is 47.5 Å². The predicted octanol–water partition coefficient (Wildman–Crippen LogP) is 5.19. The number of carbonyl (C=O) groups excluding carboxylic acids is 2. The van der Waals surface area contributed by atoms with Crippen LogP contribution in [-0.2, 0) is 20.7 Å². The second kappa shape index (κ2) is 10.3. The Morgan fingerprint density at radius 2 is 1.68 bits per heavy atom. The highest BCUT2D eigenvalue weighted by molar-refractivity contribution is 9.10. The van der Waals surface area contributed by atoms with E-state index in [2.05, 4.69) is 15.9 Å². The van der Waals surface area contributed by atoms with Crippen molar-refractivity contribution in [2.75, 3.05) is 21.3 Å². The van der Waals surface area contributed by atoms with Gasteiger partial charge in [0.15, 0.2) is 11.8 Å². The number of ketones is 1. The maximum Gasteiger partial charge on any atom is 0.330 e. The van der Waals surface area contributed by atoms with Crippen molar-refractivity contribution in [3.63, 3.8) is 0 Å². The van der Waals surface area contributed by atoms with Crippen molar-refractivity contribution in [3.8, 4) is 22.6 Å². The van der Waals surface area contributed by atoms with Crippen LogP contribution < -0.4 is 9.47 Å². The van der Waals surface area contributed by atoms with Crippen LogP contribution in [0.4, 0.5) is 0 Å². The molecule has 0 radical (unpaired) electrons. The van der Waals surface area contributed by atoms with E-state index in [-0.39, 0.29) is 5.78 Å². The molecular weight excluding hydrogens is 498 g/mol. The molecule has 2 aromatic rings. The highest BCUT2D eigenvalue weighted by atomic mass is 79.9. The molecule has 2 saturated carbocycles. The highest BCUT2D eigenvalue weighted by Crippen LogP contribution is 2.50. The fourth-order valence-electron chi connectivity index (χ4n) is 5.19. The average Bonchev–Trinajstić information content (AvgIpc) is 2.90. The Bertz CT molecular complexity index is 1070. The van der Waals surface area contributed by atoms with Crippen LogP contribution in [0.2, 0.25) is 0 Å². The molecular formula is C27H30BrNO5. The first-order valence-electron chi connectivity index (χ1n) is 11.6. The number of esters is 1. The van der Waals surface area contributed by atoms with Gasteiger partial charge in [0, 0.05) is 12.1 Å². The number of benzene rings is 2. The molecule has 0 saturated heterocycles. The molecule has 7 heteroatoms. The predicted molar refractivity (Wildman–Crippen MR) is 135 cm³/mol. The van der Waals surface area contributed by atoms with E-state index in [0.717, 1.165) is 54.5 Å². The second-order valence-corrected chi connectivity index (χ2v) is 9.78. The number of Topliss-reactive ketones (excluding diaryl/α,β-unsaturated/α-hetero) is 1. The monoisotopic (exact) mass is 527 g/mol. The molecule has 180 valence electrons. The topological polar surface area (TPSA) is 74.2 Å². The van der Waals surface area contributed by atoms with E-state index in [1.54, 1.807) is 14.2 Å². The summed E-state index contributed by atoms with van der Waals surface area (Å²) < 4.78 is 16.5. The quantitative estimate of drug-likeness (QED) is 0.365. The summed E-state index contributed by atoms with van der Waals surface area (Å²) in [6, 6.07) is 12.9. The van der Waals surface area contributed by atoms with Crippen molar-refractivity contribution in [3.05, 3.63) is 48.0 Å². The minimum absolute atomic E-state index is 0.185. The molecule has 2 atom stereocenters. The summed E-state index contributed by atoms with van der Waals surface area (Å²) in [5, 5.41) is 0. The first-order chi connectivity index (χ1) is 16.4. The van der Waals surface area contributed by atoms with Crippen LogP contribution in [0, 0.1) is 5.41 Å². The summed E-state index contributed by atoms with van der Waals surface area (Å²) in [5.41, 5.74) is 2.92. The largest absolute Gasteiger partial charge is 0.496 e. The number of hydrogen-bond acceptors (Lipinski definition) is 6. The Labute approximate surface area is 208 Å². The first kappa shape index (κ1) is 24.5. The number of rotatable bonds is 7. The van der Waals surface area contributed by atoms with Gasteiger partial charge < -0.3 is 14.2 Å². The summed E-state index contributed by atoms with van der Waals surface area (Å²) in [4.78, 5) is 30.0. The fourth-order valence-corrected chi connectivity index (χ4v) is 6.18. The van der Waals surface area contributed by atoms with E-state index in [0.29, 0.717) is 17.9 Å². The molecule has 0 amide bonds.